The van der Waals surface area contributed by atoms with E-state index in [0.29, 0.717) is 37.2 Å². The zero-order valence-electron chi connectivity index (χ0n) is 21.5. The van der Waals surface area contributed by atoms with Crippen LogP contribution in [0.2, 0.25) is 0 Å². The first-order chi connectivity index (χ1) is 18.6. The van der Waals surface area contributed by atoms with Crippen LogP contribution in [-0.4, -0.2) is 49.9 Å². The number of nitrogens with one attached hydrogen (secondary N) is 3. The molecular formula is C27H29F2N5O4S. The van der Waals surface area contributed by atoms with Crippen molar-refractivity contribution < 1.29 is 26.8 Å². The summed E-state index contributed by atoms with van der Waals surface area (Å²) in [6.07, 6.45) is 2.50. The zero-order valence-corrected chi connectivity index (χ0v) is 22.3. The Hall–Kier alpha value is -4.06. The highest BCUT2D eigenvalue weighted by molar-refractivity contribution is 7.90. The van der Waals surface area contributed by atoms with Crippen LogP contribution in [0.1, 0.15) is 47.2 Å². The van der Waals surface area contributed by atoms with Gasteiger partial charge in [-0.15, -0.1) is 0 Å². The Labute approximate surface area is 225 Å². The van der Waals surface area contributed by atoms with Gasteiger partial charge in [0.25, 0.3) is 15.9 Å². The minimum absolute atomic E-state index is 0.121. The maximum absolute atomic E-state index is 13.7. The van der Waals surface area contributed by atoms with Crippen LogP contribution in [-0.2, 0) is 10.0 Å². The Bertz CT molecular complexity index is 1470. The van der Waals surface area contributed by atoms with E-state index in [1.165, 1.54) is 36.4 Å². The molecule has 4 rings (SSSR count). The van der Waals surface area contributed by atoms with Crippen molar-refractivity contribution in [3.05, 3.63) is 83.1 Å². The summed E-state index contributed by atoms with van der Waals surface area (Å²) < 4.78 is 54.4. The average Bonchev–Trinajstić information content (AvgIpc) is 2.90. The number of aryl methyl sites for hydroxylation is 1. The van der Waals surface area contributed by atoms with Gasteiger partial charge in [0.05, 0.1) is 11.3 Å². The number of carbonyl (C=O) groups is 2. The number of urea groups is 1. The Morgan fingerprint density at radius 3 is 2.31 bits per heavy atom. The van der Waals surface area contributed by atoms with E-state index in [1.54, 1.807) is 30.9 Å². The van der Waals surface area contributed by atoms with Crippen LogP contribution < -0.4 is 15.4 Å². The molecule has 39 heavy (non-hydrogen) atoms. The van der Waals surface area contributed by atoms with Crippen molar-refractivity contribution in [2.45, 2.75) is 37.6 Å². The highest BCUT2D eigenvalue weighted by Gasteiger charge is 2.28. The lowest BCUT2D eigenvalue weighted by Gasteiger charge is -2.32. The fourth-order valence-electron chi connectivity index (χ4n) is 4.46. The van der Waals surface area contributed by atoms with Gasteiger partial charge >= 0.3 is 6.03 Å². The summed E-state index contributed by atoms with van der Waals surface area (Å²) in [5.74, 6) is -0.924. The van der Waals surface area contributed by atoms with Gasteiger partial charge in [-0.2, -0.15) is 8.42 Å². The third-order valence-corrected chi connectivity index (χ3v) is 7.76. The summed E-state index contributed by atoms with van der Waals surface area (Å²) in [6, 6.07) is 10.6. The van der Waals surface area contributed by atoms with Gasteiger partial charge in [0.1, 0.15) is 11.6 Å². The Kier molecular flexibility index (Phi) is 8.44. The zero-order chi connectivity index (χ0) is 28.2. The SMILES string of the molecule is CCNC(=O)NS(=O)(=O)c1cc(Nc2ccc(F)cc2C)c(C(=O)N2CCC(c3ccc(F)cc3)CC2)cn1. The highest BCUT2D eigenvalue weighted by atomic mass is 32.2. The summed E-state index contributed by atoms with van der Waals surface area (Å²) in [6.45, 7) is 4.41. The molecule has 0 saturated carbocycles. The third-order valence-electron chi connectivity index (χ3n) is 6.53. The van der Waals surface area contributed by atoms with E-state index in [4.69, 9.17) is 0 Å². The van der Waals surface area contributed by atoms with Gasteiger partial charge in [0, 0.05) is 37.6 Å². The molecule has 1 saturated heterocycles. The number of amides is 3. The number of carbonyl (C=O) groups excluding carboxylic acids is 2. The fourth-order valence-corrected chi connectivity index (χ4v) is 5.35. The van der Waals surface area contributed by atoms with Gasteiger partial charge < -0.3 is 15.5 Å². The summed E-state index contributed by atoms with van der Waals surface area (Å²) >= 11 is 0. The molecule has 0 spiro atoms. The lowest BCUT2D eigenvalue weighted by atomic mass is 9.89. The van der Waals surface area contributed by atoms with Crippen molar-refractivity contribution in [2.75, 3.05) is 25.0 Å². The largest absolute Gasteiger partial charge is 0.355 e. The van der Waals surface area contributed by atoms with Gasteiger partial charge in [-0.3, -0.25) is 4.79 Å². The number of likely N-dealkylation sites (tertiary alicyclic amines) is 1. The van der Waals surface area contributed by atoms with Crippen LogP contribution in [0, 0.1) is 18.6 Å². The molecule has 0 radical (unpaired) electrons. The molecule has 12 heteroatoms. The van der Waals surface area contributed by atoms with Gasteiger partial charge in [0.15, 0.2) is 5.03 Å². The number of benzene rings is 2. The molecule has 0 aliphatic carbocycles. The second kappa shape index (κ2) is 11.8. The normalized spacial score (nSPS) is 14.1. The second-order valence-electron chi connectivity index (χ2n) is 9.24. The molecular weight excluding hydrogens is 528 g/mol. The smallest absolute Gasteiger partial charge is 0.328 e. The molecule has 3 N–H and O–H groups in total. The van der Waals surface area contributed by atoms with E-state index in [1.807, 2.05) is 4.72 Å². The number of pyridine rings is 1. The Morgan fingerprint density at radius 2 is 1.67 bits per heavy atom. The van der Waals surface area contributed by atoms with Crippen molar-refractivity contribution >= 4 is 33.3 Å². The van der Waals surface area contributed by atoms with Crippen LogP contribution >= 0.6 is 0 Å². The van der Waals surface area contributed by atoms with E-state index in [9.17, 15) is 26.8 Å². The first kappa shape index (κ1) is 28.0. The molecule has 0 unspecified atom stereocenters. The predicted molar refractivity (Wildman–Crippen MR) is 142 cm³/mol. The molecule has 2 aromatic carbocycles. The molecule has 2 heterocycles. The van der Waals surface area contributed by atoms with Gasteiger partial charge in [-0.1, -0.05) is 12.1 Å². The number of halogens is 2. The maximum Gasteiger partial charge on any atom is 0.328 e. The number of hydrogen-bond acceptors (Lipinski definition) is 6. The van der Waals surface area contributed by atoms with E-state index in [0.717, 1.165) is 11.8 Å². The number of sulfonamides is 1. The first-order valence-electron chi connectivity index (χ1n) is 12.5. The minimum atomic E-state index is -4.35. The van der Waals surface area contributed by atoms with E-state index in [2.05, 4.69) is 15.6 Å². The minimum Gasteiger partial charge on any atom is -0.355 e. The number of piperidine rings is 1. The Balaban J connectivity index is 1.61. The van der Waals surface area contributed by atoms with Crippen molar-refractivity contribution in [1.29, 1.82) is 0 Å². The van der Waals surface area contributed by atoms with Crippen LogP contribution in [0.4, 0.5) is 25.0 Å². The standard InChI is InChI=1S/C27H29F2N5O4S/c1-3-30-27(36)33-39(37,38)25-15-24(32-23-9-8-21(29)14-17(23)2)22(16-31-25)26(35)34-12-10-19(11-13-34)18-4-6-20(28)7-5-18/h4-9,14-16,19H,3,10-13H2,1-2H3,(H,31,32)(H2,30,33,36). The maximum atomic E-state index is 13.7. The van der Waals surface area contributed by atoms with Crippen LogP contribution in [0.5, 0.6) is 0 Å². The molecule has 3 aromatic rings. The number of rotatable bonds is 7. The van der Waals surface area contributed by atoms with E-state index < -0.39 is 26.9 Å². The summed E-state index contributed by atoms with van der Waals surface area (Å²) in [5, 5.41) is 4.91. The summed E-state index contributed by atoms with van der Waals surface area (Å²) in [4.78, 5) is 31.1. The molecule has 1 aliphatic rings. The van der Waals surface area contributed by atoms with Crippen molar-refractivity contribution in [3.8, 4) is 0 Å². The molecule has 1 aromatic heterocycles. The summed E-state index contributed by atoms with van der Waals surface area (Å²) in [7, 11) is -4.35. The van der Waals surface area contributed by atoms with Gasteiger partial charge in [0.2, 0.25) is 0 Å². The topological polar surface area (TPSA) is 120 Å². The lowest BCUT2D eigenvalue weighted by molar-refractivity contribution is 0.0713. The molecule has 9 nitrogen and oxygen atoms in total. The monoisotopic (exact) mass is 557 g/mol. The van der Waals surface area contributed by atoms with Crippen LogP contribution in [0.15, 0.2) is 59.8 Å². The van der Waals surface area contributed by atoms with Crippen molar-refractivity contribution in [3.63, 3.8) is 0 Å². The lowest BCUT2D eigenvalue weighted by Crippen LogP contribution is -2.40. The number of anilines is 2. The number of hydrogen-bond donors (Lipinski definition) is 3. The first-order valence-corrected chi connectivity index (χ1v) is 13.9. The van der Waals surface area contributed by atoms with E-state index in [-0.39, 0.29) is 35.4 Å². The predicted octanol–water partition coefficient (Wildman–Crippen LogP) is 4.44. The summed E-state index contributed by atoms with van der Waals surface area (Å²) in [5.41, 5.74) is 2.27. The molecule has 0 bridgehead atoms. The number of nitrogens with zero attached hydrogens (tertiary/aromatic N) is 2. The fraction of sp³-hybridized carbons (Fsp3) is 0.296. The second-order valence-corrected chi connectivity index (χ2v) is 10.9. The molecule has 1 aliphatic heterocycles. The quantitative estimate of drug-likeness (QED) is 0.395. The molecule has 206 valence electrons. The average molecular weight is 558 g/mol. The highest BCUT2D eigenvalue weighted by Crippen LogP contribution is 2.31. The molecule has 1 fully saturated rings. The van der Waals surface area contributed by atoms with E-state index >= 15 is 0 Å². The van der Waals surface area contributed by atoms with Gasteiger partial charge in [-0.25, -0.2) is 23.3 Å². The van der Waals surface area contributed by atoms with Crippen LogP contribution in [0.3, 0.4) is 0 Å². The third kappa shape index (κ3) is 6.69. The van der Waals surface area contributed by atoms with Gasteiger partial charge in [-0.05, 0) is 74.1 Å². The van der Waals surface area contributed by atoms with Crippen LogP contribution in [0.25, 0.3) is 0 Å². The number of aromatic nitrogens is 1. The molecule has 0 atom stereocenters. The van der Waals surface area contributed by atoms with Crippen molar-refractivity contribution in [2.24, 2.45) is 0 Å². The van der Waals surface area contributed by atoms with Crippen molar-refractivity contribution in [1.82, 2.24) is 19.9 Å². The Morgan fingerprint density at radius 1 is 1.00 bits per heavy atom. The molecule has 3 amide bonds.